The Kier molecular flexibility index (Phi) is 4.48. The van der Waals surface area contributed by atoms with Crippen LogP contribution in [0.1, 0.15) is 26.0 Å². The molecule has 0 radical (unpaired) electrons. The van der Waals surface area contributed by atoms with Crippen molar-refractivity contribution in [3.63, 3.8) is 0 Å². The van der Waals surface area contributed by atoms with Crippen molar-refractivity contribution in [1.29, 1.82) is 0 Å². The molecule has 0 bridgehead atoms. The molecule has 0 aliphatic heterocycles. The Morgan fingerprint density at radius 1 is 1.17 bits per heavy atom. The lowest BCUT2D eigenvalue weighted by Gasteiger charge is -2.09. The second kappa shape index (κ2) is 6.54. The number of benzene rings is 1. The summed E-state index contributed by atoms with van der Waals surface area (Å²) in [5.41, 5.74) is 3.37. The molecule has 3 aromatic rings. The molecule has 0 unspecified atom stereocenters. The zero-order valence-corrected chi connectivity index (χ0v) is 14.3. The highest BCUT2D eigenvalue weighted by Crippen LogP contribution is 2.31. The summed E-state index contributed by atoms with van der Waals surface area (Å²) in [6.07, 6.45) is 1.86. The second-order valence-electron chi connectivity index (χ2n) is 5.28. The maximum atomic E-state index is 6.41. The third kappa shape index (κ3) is 2.88. The van der Waals surface area contributed by atoms with Gasteiger partial charge in [-0.3, -0.25) is 4.68 Å². The van der Waals surface area contributed by atoms with Crippen LogP contribution in [0.15, 0.2) is 24.3 Å². The molecule has 0 amide bonds. The number of hydrogen-bond acceptors (Lipinski definition) is 4. The quantitative estimate of drug-likeness (QED) is 0.663. The number of para-hydroxylation sites is 1. The van der Waals surface area contributed by atoms with Crippen LogP contribution in [-0.2, 0) is 13.5 Å². The van der Waals surface area contributed by atoms with Gasteiger partial charge in [-0.1, -0.05) is 37.1 Å². The van der Waals surface area contributed by atoms with Gasteiger partial charge in [0.25, 0.3) is 0 Å². The van der Waals surface area contributed by atoms with E-state index in [0.29, 0.717) is 17.6 Å². The Hall–Kier alpha value is -2.14. The standard InChI is InChI=1S/C17H19ClN4O/c1-4-8-12-14-15(22(3)21-12)16(18)20-17(19-14)11-9-6-7-10-13(11)23-5-2/h6-7,9-10H,4-5,8H2,1-3H3. The molecule has 5 nitrogen and oxygen atoms in total. The van der Waals surface area contributed by atoms with Gasteiger partial charge in [-0.15, -0.1) is 0 Å². The third-order valence-corrected chi connectivity index (χ3v) is 3.89. The number of nitrogens with zero attached hydrogens (tertiary/aromatic N) is 4. The molecular weight excluding hydrogens is 312 g/mol. The maximum Gasteiger partial charge on any atom is 0.165 e. The SMILES string of the molecule is CCCc1nn(C)c2c(Cl)nc(-c3ccccc3OCC)nc12. The van der Waals surface area contributed by atoms with Crippen molar-refractivity contribution < 1.29 is 4.74 Å². The van der Waals surface area contributed by atoms with Gasteiger partial charge in [0.1, 0.15) is 16.8 Å². The molecule has 0 saturated carbocycles. The monoisotopic (exact) mass is 330 g/mol. The summed E-state index contributed by atoms with van der Waals surface area (Å²) in [7, 11) is 1.87. The van der Waals surface area contributed by atoms with E-state index in [-0.39, 0.29) is 0 Å². The van der Waals surface area contributed by atoms with Crippen LogP contribution in [0.4, 0.5) is 0 Å². The van der Waals surface area contributed by atoms with E-state index >= 15 is 0 Å². The predicted octanol–water partition coefficient (Wildman–Crippen LogP) is 4.03. The average Bonchev–Trinajstić information content (AvgIpc) is 2.85. The van der Waals surface area contributed by atoms with E-state index in [4.69, 9.17) is 21.3 Å². The van der Waals surface area contributed by atoms with E-state index in [1.807, 2.05) is 38.2 Å². The van der Waals surface area contributed by atoms with Gasteiger partial charge >= 0.3 is 0 Å². The van der Waals surface area contributed by atoms with Gasteiger partial charge in [-0.2, -0.15) is 5.10 Å². The van der Waals surface area contributed by atoms with Gasteiger partial charge in [0.15, 0.2) is 11.0 Å². The number of fused-ring (bicyclic) bond motifs is 1. The van der Waals surface area contributed by atoms with E-state index in [1.54, 1.807) is 4.68 Å². The van der Waals surface area contributed by atoms with E-state index < -0.39 is 0 Å². The second-order valence-corrected chi connectivity index (χ2v) is 5.64. The van der Waals surface area contributed by atoms with Crippen molar-refractivity contribution >= 4 is 22.6 Å². The molecule has 1 aromatic carbocycles. The Bertz CT molecular complexity index is 844. The molecule has 0 N–H and O–H groups in total. The summed E-state index contributed by atoms with van der Waals surface area (Å²) in [4.78, 5) is 9.19. The Labute approximate surface area is 140 Å². The summed E-state index contributed by atoms with van der Waals surface area (Å²) < 4.78 is 7.43. The minimum Gasteiger partial charge on any atom is -0.493 e. The number of halogens is 1. The van der Waals surface area contributed by atoms with Crippen molar-refractivity contribution in [3.05, 3.63) is 35.1 Å². The molecule has 0 fully saturated rings. The molecule has 2 aromatic heterocycles. The molecule has 0 spiro atoms. The van der Waals surface area contributed by atoms with Gasteiger partial charge in [-0.25, -0.2) is 9.97 Å². The van der Waals surface area contributed by atoms with Crippen LogP contribution in [0, 0.1) is 0 Å². The fraction of sp³-hybridized carbons (Fsp3) is 0.353. The van der Waals surface area contributed by atoms with E-state index in [2.05, 4.69) is 17.0 Å². The van der Waals surface area contributed by atoms with Crippen LogP contribution in [0.2, 0.25) is 5.15 Å². The molecule has 2 heterocycles. The minimum atomic E-state index is 0.411. The summed E-state index contributed by atoms with van der Waals surface area (Å²) in [6, 6.07) is 7.73. The Morgan fingerprint density at radius 2 is 1.96 bits per heavy atom. The van der Waals surface area contributed by atoms with Crippen molar-refractivity contribution in [2.75, 3.05) is 6.61 Å². The number of aromatic nitrogens is 4. The van der Waals surface area contributed by atoms with E-state index in [0.717, 1.165) is 40.9 Å². The Morgan fingerprint density at radius 3 is 2.70 bits per heavy atom. The zero-order chi connectivity index (χ0) is 16.4. The summed E-state index contributed by atoms with van der Waals surface area (Å²) >= 11 is 6.41. The van der Waals surface area contributed by atoms with Gasteiger partial charge in [-0.05, 0) is 25.5 Å². The highest BCUT2D eigenvalue weighted by molar-refractivity contribution is 6.33. The molecule has 0 aliphatic rings. The highest BCUT2D eigenvalue weighted by Gasteiger charge is 2.18. The molecular formula is C17H19ClN4O. The topological polar surface area (TPSA) is 52.8 Å². The lowest BCUT2D eigenvalue weighted by molar-refractivity contribution is 0.341. The first-order valence-electron chi connectivity index (χ1n) is 7.77. The number of rotatable bonds is 5. The molecule has 6 heteroatoms. The molecule has 3 rings (SSSR count). The molecule has 0 saturated heterocycles. The first-order valence-corrected chi connectivity index (χ1v) is 8.14. The molecule has 0 aliphatic carbocycles. The van der Waals surface area contributed by atoms with Gasteiger partial charge in [0.2, 0.25) is 0 Å². The molecule has 23 heavy (non-hydrogen) atoms. The smallest absolute Gasteiger partial charge is 0.165 e. The van der Waals surface area contributed by atoms with Crippen molar-refractivity contribution in [2.45, 2.75) is 26.7 Å². The van der Waals surface area contributed by atoms with Crippen LogP contribution in [0.25, 0.3) is 22.4 Å². The fourth-order valence-electron chi connectivity index (χ4n) is 2.65. The lowest BCUT2D eigenvalue weighted by Crippen LogP contribution is -1.98. The van der Waals surface area contributed by atoms with E-state index in [9.17, 15) is 0 Å². The van der Waals surface area contributed by atoms with Crippen LogP contribution >= 0.6 is 11.6 Å². The highest BCUT2D eigenvalue weighted by atomic mass is 35.5. The average molecular weight is 331 g/mol. The molecule has 0 atom stereocenters. The minimum absolute atomic E-state index is 0.411. The predicted molar refractivity (Wildman–Crippen MR) is 91.9 cm³/mol. The van der Waals surface area contributed by atoms with Crippen LogP contribution in [-0.4, -0.2) is 26.4 Å². The van der Waals surface area contributed by atoms with Crippen LogP contribution in [0.3, 0.4) is 0 Å². The number of aryl methyl sites for hydroxylation is 2. The summed E-state index contributed by atoms with van der Waals surface area (Å²) in [5.74, 6) is 1.32. The first kappa shape index (κ1) is 15.7. The first-order chi connectivity index (χ1) is 11.2. The van der Waals surface area contributed by atoms with Crippen molar-refractivity contribution in [1.82, 2.24) is 19.7 Å². The zero-order valence-electron chi connectivity index (χ0n) is 13.5. The van der Waals surface area contributed by atoms with Gasteiger partial charge < -0.3 is 4.74 Å². The maximum absolute atomic E-state index is 6.41. The van der Waals surface area contributed by atoms with E-state index in [1.165, 1.54) is 0 Å². The van der Waals surface area contributed by atoms with Crippen molar-refractivity contribution in [3.8, 4) is 17.1 Å². The van der Waals surface area contributed by atoms with Crippen LogP contribution in [0.5, 0.6) is 5.75 Å². The Balaban J connectivity index is 2.21. The van der Waals surface area contributed by atoms with Crippen LogP contribution < -0.4 is 4.74 Å². The van der Waals surface area contributed by atoms with Gasteiger partial charge in [0, 0.05) is 7.05 Å². The lowest BCUT2D eigenvalue weighted by atomic mass is 10.1. The third-order valence-electron chi connectivity index (χ3n) is 3.62. The van der Waals surface area contributed by atoms with Crippen molar-refractivity contribution in [2.24, 2.45) is 7.05 Å². The normalized spacial score (nSPS) is 11.1. The summed E-state index contributed by atoms with van der Waals surface area (Å²) in [6.45, 7) is 4.66. The summed E-state index contributed by atoms with van der Waals surface area (Å²) in [5, 5.41) is 4.94. The fourth-order valence-corrected chi connectivity index (χ4v) is 2.94. The number of hydrogen-bond donors (Lipinski definition) is 0. The number of ether oxygens (including phenoxy) is 1. The van der Waals surface area contributed by atoms with Gasteiger partial charge in [0.05, 0.1) is 17.9 Å². The largest absolute Gasteiger partial charge is 0.493 e. The molecule has 120 valence electrons.